The Bertz CT molecular complexity index is 1460. The summed E-state index contributed by atoms with van der Waals surface area (Å²) in [6.45, 7) is 13.8. The molecule has 36 heavy (non-hydrogen) atoms. The van der Waals surface area contributed by atoms with Crippen LogP contribution in [0.3, 0.4) is 0 Å². The molecule has 0 saturated carbocycles. The molecule has 0 aromatic heterocycles. The monoisotopic (exact) mass is 491 g/mol. The zero-order valence-corrected chi connectivity index (χ0v) is 21.2. The number of hydrogen-bond acceptors (Lipinski definition) is 3. The van der Waals surface area contributed by atoms with Crippen LogP contribution in [-0.2, 0) is 0 Å². The van der Waals surface area contributed by atoms with E-state index in [2.05, 4.69) is 96.5 Å². The van der Waals surface area contributed by atoms with E-state index in [-0.39, 0.29) is 0 Å². The first kappa shape index (κ1) is 25.1. The minimum Gasteiger partial charge on any atom is -0.358 e. The van der Waals surface area contributed by atoms with E-state index < -0.39 is 0 Å². The average Bonchev–Trinajstić information content (AvgIpc) is 2.92. The predicted molar refractivity (Wildman–Crippen MR) is 158 cm³/mol. The van der Waals surface area contributed by atoms with Crippen molar-refractivity contribution in [1.82, 2.24) is 0 Å². The summed E-state index contributed by atoms with van der Waals surface area (Å²) in [6, 6.07) is 30.8. The third kappa shape index (κ3) is 5.28. The van der Waals surface area contributed by atoms with E-state index >= 15 is 0 Å². The molecule has 5 rings (SSSR count). The number of rotatable bonds is 6. The Balaban J connectivity index is 0.00000148. The summed E-state index contributed by atoms with van der Waals surface area (Å²) in [5.74, 6) is 0. The minimum absolute atomic E-state index is 0.599. The summed E-state index contributed by atoms with van der Waals surface area (Å²) in [5, 5.41) is 6.50. The highest BCUT2D eigenvalue weighted by atomic mass is 35.5. The standard InChI is InChI=1S/C31H25ClN2.CH5N/c1-21(33-28-16-14-27(32)15-17-28)19-34-20-30(23(3)29-10-6-7-11-31(29)34)22(2)25-13-12-24-8-4-5-9-26(24)18-25;1-2/h4-18,20,33H,1-3,19H2;2H2,1H3. The molecule has 0 spiro atoms. The molecule has 0 atom stereocenters. The van der Waals surface area contributed by atoms with Gasteiger partial charge in [0.25, 0.3) is 0 Å². The van der Waals surface area contributed by atoms with Crippen molar-refractivity contribution in [3.8, 4) is 0 Å². The lowest BCUT2D eigenvalue weighted by molar-refractivity contribution is 1.02. The van der Waals surface area contributed by atoms with Crippen LogP contribution in [0.2, 0.25) is 5.02 Å². The van der Waals surface area contributed by atoms with Gasteiger partial charge in [0.05, 0.1) is 6.54 Å². The van der Waals surface area contributed by atoms with E-state index in [0.29, 0.717) is 11.6 Å². The first-order chi connectivity index (χ1) is 17.5. The topological polar surface area (TPSA) is 41.3 Å². The van der Waals surface area contributed by atoms with Gasteiger partial charge in [-0.25, -0.2) is 0 Å². The van der Waals surface area contributed by atoms with E-state index in [4.69, 9.17) is 11.6 Å². The van der Waals surface area contributed by atoms with Gasteiger partial charge in [-0.1, -0.05) is 85.9 Å². The van der Waals surface area contributed by atoms with E-state index in [1.807, 2.05) is 36.4 Å². The summed E-state index contributed by atoms with van der Waals surface area (Å²) in [7, 11) is 1.50. The third-order valence-corrected chi connectivity index (χ3v) is 6.35. The lowest BCUT2D eigenvalue weighted by atomic mass is 9.87. The SMILES string of the molecule is C=C(CN1C=C(C(=C)c2ccc3ccccc3c2)C(=C)c2ccccc21)Nc1ccc(Cl)cc1.CN. The van der Waals surface area contributed by atoms with Crippen LogP contribution >= 0.6 is 11.6 Å². The van der Waals surface area contributed by atoms with Crippen molar-refractivity contribution in [1.29, 1.82) is 0 Å². The average molecular weight is 492 g/mol. The van der Waals surface area contributed by atoms with Crippen LogP contribution in [0, 0.1) is 0 Å². The Kier molecular flexibility index (Phi) is 7.74. The number of halogens is 1. The molecule has 1 aliphatic rings. The minimum atomic E-state index is 0.599. The van der Waals surface area contributed by atoms with Crippen molar-refractivity contribution in [2.24, 2.45) is 5.73 Å². The molecular formula is C32H30ClN3. The maximum Gasteiger partial charge on any atom is 0.0620 e. The Morgan fingerprint density at radius 3 is 2.28 bits per heavy atom. The van der Waals surface area contributed by atoms with Gasteiger partial charge in [-0.2, -0.15) is 0 Å². The summed E-state index contributed by atoms with van der Waals surface area (Å²) in [6.07, 6.45) is 2.14. The molecule has 4 aromatic rings. The number of benzene rings is 4. The van der Waals surface area contributed by atoms with Gasteiger partial charge in [0.15, 0.2) is 0 Å². The van der Waals surface area contributed by atoms with E-state index in [1.165, 1.54) is 17.8 Å². The fourth-order valence-corrected chi connectivity index (χ4v) is 4.46. The van der Waals surface area contributed by atoms with E-state index in [9.17, 15) is 0 Å². The van der Waals surface area contributed by atoms with Gasteiger partial charge in [0, 0.05) is 39.4 Å². The summed E-state index contributed by atoms with van der Waals surface area (Å²) in [5.41, 5.74) is 12.6. The molecule has 0 amide bonds. The summed E-state index contributed by atoms with van der Waals surface area (Å²) >= 11 is 6.02. The van der Waals surface area contributed by atoms with Crippen molar-refractivity contribution >= 4 is 44.9 Å². The number of para-hydroxylation sites is 1. The molecule has 0 bridgehead atoms. The Morgan fingerprint density at radius 1 is 0.861 bits per heavy atom. The van der Waals surface area contributed by atoms with Crippen LogP contribution in [0.1, 0.15) is 11.1 Å². The summed E-state index contributed by atoms with van der Waals surface area (Å²) < 4.78 is 0. The molecule has 3 nitrogen and oxygen atoms in total. The van der Waals surface area contributed by atoms with Gasteiger partial charge in [-0.3, -0.25) is 0 Å². The zero-order valence-electron chi connectivity index (χ0n) is 20.5. The number of nitrogens with zero attached hydrogens (tertiary/aromatic N) is 1. The van der Waals surface area contributed by atoms with Gasteiger partial charge < -0.3 is 16.0 Å². The molecule has 3 N–H and O–H groups in total. The number of hydrogen-bond donors (Lipinski definition) is 2. The highest BCUT2D eigenvalue weighted by Gasteiger charge is 2.23. The molecule has 1 heterocycles. The fourth-order valence-electron chi connectivity index (χ4n) is 4.33. The molecule has 4 aromatic carbocycles. The lowest BCUT2D eigenvalue weighted by Gasteiger charge is -2.32. The van der Waals surface area contributed by atoms with Crippen molar-refractivity contribution in [3.05, 3.63) is 144 Å². The van der Waals surface area contributed by atoms with Crippen LogP contribution in [0.25, 0.3) is 21.9 Å². The second kappa shape index (κ2) is 11.1. The van der Waals surface area contributed by atoms with Crippen LogP contribution in [-0.4, -0.2) is 13.6 Å². The van der Waals surface area contributed by atoms with Crippen molar-refractivity contribution in [2.75, 3.05) is 23.8 Å². The van der Waals surface area contributed by atoms with Gasteiger partial charge in [0.1, 0.15) is 0 Å². The molecule has 0 radical (unpaired) electrons. The highest BCUT2D eigenvalue weighted by molar-refractivity contribution is 6.30. The number of fused-ring (bicyclic) bond motifs is 2. The molecule has 0 saturated heterocycles. The third-order valence-electron chi connectivity index (χ3n) is 6.10. The number of nitrogens with two attached hydrogens (primary N) is 1. The predicted octanol–water partition coefficient (Wildman–Crippen LogP) is 8.12. The maximum absolute atomic E-state index is 6.02. The van der Waals surface area contributed by atoms with Crippen LogP contribution < -0.4 is 16.0 Å². The van der Waals surface area contributed by atoms with E-state index in [1.54, 1.807) is 0 Å². The van der Waals surface area contributed by atoms with Gasteiger partial charge in [-0.15, -0.1) is 0 Å². The maximum atomic E-state index is 6.02. The molecule has 0 aliphatic carbocycles. The summed E-state index contributed by atoms with van der Waals surface area (Å²) in [4.78, 5) is 2.21. The largest absolute Gasteiger partial charge is 0.358 e. The molecule has 1 aliphatic heterocycles. The highest BCUT2D eigenvalue weighted by Crippen LogP contribution is 2.41. The quantitative estimate of drug-likeness (QED) is 0.286. The molecule has 4 heteroatoms. The van der Waals surface area contributed by atoms with Crippen LogP contribution in [0.15, 0.2) is 128 Å². The van der Waals surface area contributed by atoms with Gasteiger partial charge in [-0.05, 0) is 70.9 Å². The number of anilines is 2. The first-order valence-corrected chi connectivity index (χ1v) is 12.1. The number of nitrogens with one attached hydrogen (secondary N) is 1. The lowest BCUT2D eigenvalue weighted by Crippen LogP contribution is -2.26. The van der Waals surface area contributed by atoms with Crippen molar-refractivity contribution < 1.29 is 0 Å². The fraction of sp³-hybridized carbons (Fsp3) is 0.0625. The molecule has 0 fully saturated rings. The van der Waals surface area contributed by atoms with Gasteiger partial charge >= 0.3 is 0 Å². The Morgan fingerprint density at radius 2 is 1.53 bits per heavy atom. The molecule has 0 unspecified atom stereocenters. The Labute approximate surface area is 218 Å². The smallest absolute Gasteiger partial charge is 0.0620 e. The first-order valence-electron chi connectivity index (χ1n) is 11.7. The van der Waals surface area contributed by atoms with Crippen molar-refractivity contribution in [3.63, 3.8) is 0 Å². The Hall–Kier alpha value is -4.05. The second-order valence-electron chi connectivity index (χ2n) is 8.44. The normalized spacial score (nSPS) is 12.2. The molecular weight excluding hydrogens is 462 g/mol. The van der Waals surface area contributed by atoms with Crippen LogP contribution in [0.4, 0.5) is 11.4 Å². The second-order valence-corrected chi connectivity index (χ2v) is 8.88. The molecule has 180 valence electrons. The van der Waals surface area contributed by atoms with Crippen molar-refractivity contribution in [2.45, 2.75) is 0 Å². The zero-order chi connectivity index (χ0) is 25.7. The number of allylic oxidation sites excluding steroid dienone is 3. The van der Waals surface area contributed by atoms with Gasteiger partial charge in [0.2, 0.25) is 0 Å². The van der Waals surface area contributed by atoms with Crippen LogP contribution in [0.5, 0.6) is 0 Å². The van der Waals surface area contributed by atoms with E-state index in [0.717, 1.165) is 44.9 Å².